The van der Waals surface area contributed by atoms with Crippen LogP contribution in [0.2, 0.25) is 0 Å². The molecule has 2 aliphatic rings. The van der Waals surface area contributed by atoms with Gasteiger partial charge in [-0.25, -0.2) is 0 Å². The number of carbonyl (C=O) groups excluding carboxylic acids is 1. The number of hydrogen-bond acceptors (Lipinski definition) is 4. The number of ether oxygens (including phenoxy) is 2. The molecule has 0 N–H and O–H groups in total. The van der Waals surface area contributed by atoms with Gasteiger partial charge in [0.1, 0.15) is 6.29 Å². The van der Waals surface area contributed by atoms with Gasteiger partial charge in [-0.1, -0.05) is 24.6 Å². The number of likely N-dealkylation sites (tertiary alicyclic amines) is 1. The second-order valence-corrected chi connectivity index (χ2v) is 7.28. The minimum absolute atomic E-state index is 0.309. The van der Waals surface area contributed by atoms with Crippen molar-refractivity contribution in [1.29, 1.82) is 0 Å². The first-order valence-corrected chi connectivity index (χ1v) is 8.79. The smallest absolute Gasteiger partial charge is 0.231 e. The second-order valence-electron chi connectivity index (χ2n) is 7.28. The van der Waals surface area contributed by atoms with E-state index in [0.29, 0.717) is 31.2 Å². The number of hydrogen-bond donors (Lipinski definition) is 0. The zero-order chi connectivity index (χ0) is 17.1. The van der Waals surface area contributed by atoms with Crippen LogP contribution in [0.15, 0.2) is 29.8 Å². The molecule has 1 saturated heterocycles. The zero-order valence-electron chi connectivity index (χ0n) is 14.8. The first-order chi connectivity index (χ1) is 11.6. The molecule has 1 aromatic rings. The van der Waals surface area contributed by atoms with E-state index in [9.17, 15) is 4.79 Å². The van der Waals surface area contributed by atoms with Crippen molar-refractivity contribution in [3.05, 3.63) is 35.4 Å². The summed E-state index contributed by atoms with van der Waals surface area (Å²) in [5.41, 5.74) is 2.64. The fourth-order valence-electron chi connectivity index (χ4n) is 4.02. The van der Waals surface area contributed by atoms with Crippen LogP contribution in [0.5, 0.6) is 11.5 Å². The standard InChI is InChI=1S/C20H27NO3/c1-14(2)8-15(3)9-18-10-17(12-21(18)6-7-22)16-4-5-19-20(11-16)24-13-23-19/h4-5,7-8,11,15,17-18H,6,9-10,12-13H2,1-3H3/t15?,17?,18-/m0/s1. The van der Waals surface area contributed by atoms with E-state index in [2.05, 4.69) is 43.9 Å². The van der Waals surface area contributed by atoms with E-state index in [-0.39, 0.29) is 0 Å². The van der Waals surface area contributed by atoms with Crippen molar-refractivity contribution < 1.29 is 14.3 Å². The molecule has 3 rings (SSSR count). The minimum Gasteiger partial charge on any atom is -0.454 e. The largest absolute Gasteiger partial charge is 0.454 e. The molecule has 1 fully saturated rings. The summed E-state index contributed by atoms with van der Waals surface area (Å²) in [5, 5.41) is 0. The van der Waals surface area contributed by atoms with Gasteiger partial charge in [-0.2, -0.15) is 0 Å². The highest BCUT2D eigenvalue weighted by Crippen LogP contribution is 2.39. The molecule has 1 aromatic carbocycles. The quantitative estimate of drug-likeness (QED) is 0.588. The topological polar surface area (TPSA) is 38.8 Å². The van der Waals surface area contributed by atoms with Crippen LogP contribution in [0.3, 0.4) is 0 Å². The summed E-state index contributed by atoms with van der Waals surface area (Å²) in [7, 11) is 0. The number of aldehydes is 1. The third-order valence-corrected chi connectivity index (χ3v) is 4.97. The Morgan fingerprint density at radius 1 is 1.33 bits per heavy atom. The van der Waals surface area contributed by atoms with Gasteiger partial charge in [0.2, 0.25) is 6.79 Å². The Morgan fingerprint density at radius 2 is 2.12 bits per heavy atom. The van der Waals surface area contributed by atoms with Crippen LogP contribution in [0.4, 0.5) is 0 Å². The van der Waals surface area contributed by atoms with Crippen LogP contribution in [0.1, 0.15) is 45.1 Å². The third-order valence-electron chi connectivity index (χ3n) is 4.97. The summed E-state index contributed by atoms with van der Waals surface area (Å²) >= 11 is 0. The summed E-state index contributed by atoms with van der Waals surface area (Å²) in [6.07, 6.45) is 5.54. The first-order valence-electron chi connectivity index (χ1n) is 8.79. The normalized spacial score (nSPS) is 24.0. The van der Waals surface area contributed by atoms with E-state index in [0.717, 1.165) is 37.2 Å². The van der Waals surface area contributed by atoms with Crippen molar-refractivity contribution >= 4 is 6.29 Å². The fourth-order valence-corrected chi connectivity index (χ4v) is 4.02. The molecule has 4 heteroatoms. The molecule has 0 spiro atoms. The molecule has 2 unspecified atom stereocenters. The lowest BCUT2D eigenvalue weighted by Gasteiger charge is -2.23. The van der Waals surface area contributed by atoms with Gasteiger partial charge in [-0.05, 0) is 56.2 Å². The number of benzene rings is 1. The monoisotopic (exact) mass is 329 g/mol. The van der Waals surface area contributed by atoms with Gasteiger partial charge < -0.3 is 14.3 Å². The Balaban J connectivity index is 1.72. The molecule has 0 amide bonds. The van der Waals surface area contributed by atoms with Crippen LogP contribution in [0.25, 0.3) is 0 Å². The predicted molar refractivity (Wildman–Crippen MR) is 94.6 cm³/mol. The molecule has 24 heavy (non-hydrogen) atoms. The van der Waals surface area contributed by atoms with Gasteiger partial charge in [0, 0.05) is 12.6 Å². The fraction of sp³-hybridized carbons (Fsp3) is 0.550. The summed E-state index contributed by atoms with van der Waals surface area (Å²) < 4.78 is 10.9. The molecule has 0 bridgehead atoms. The van der Waals surface area contributed by atoms with E-state index < -0.39 is 0 Å². The lowest BCUT2D eigenvalue weighted by Crippen LogP contribution is -2.32. The summed E-state index contributed by atoms with van der Waals surface area (Å²) in [5.74, 6) is 2.65. The number of rotatable bonds is 6. The predicted octanol–water partition coefficient (Wildman–Crippen LogP) is 3.76. The van der Waals surface area contributed by atoms with Crippen LogP contribution in [-0.4, -0.2) is 37.1 Å². The maximum absolute atomic E-state index is 11.1. The Labute approximate surface area is 144 Å². The molecule has 4 nitrogen and oxygen atoms in total. The van der Waals surface area contributed by atoms with Crippen LogP contribution >= 0.6 is 0 Å². The molecule has 130 valence electrons. The summed E-state index contributed by atoms with van der Waals surface area (Å²) in [4.78, 5) is 13.4. The van der Waals surface area contributed by atoms with Crippen LogP contribution in [-0.2, 0) is 4.79 Å². The minimum atomic E-state index is 0.309. The van der Waals surface area contributed by atoms with E-state index in [1.54, 1.807) is 0 Å². The highest BCUT2D eigenvalue weighted by molar-refractivity contribution is 5.52. The molecule has 0 radical (unpaired) electrons. The lowest BCUT2D eigenvalue weighted by molar-refractivity contribution is -0.109. The van der Waals surface area contributed by atoms with Gasteiger partial charge >= 0.3 is 0 Å². The van der Waals surface area contributed by atoms with Crippen molar-refractivity contribution in [3.8, 4) is 11.5 Å². The Bertz CT molecular complexity index is 621. The molecular weight excluding hydrogens is 302 g/mol. The Hall–Kier alpha value is -1.81. The lowest BCUT2D eigenvalue weighted by atomic mass is 9.92. The van der Waals surface area contributed by atoms with E-state index in [1.807, 2.05) is 6.07 Å². The van der Waals surface area contributed by atoms with Gasteiger partial charge in [-0.15, -0.1) is 0 Å². The molecule has 0 aromatic heterocycles. The van der Waals surface area contributed by atoms with E-state index in [4.69, 9.17) is 9.47 Å². The number of fused-ring (bicyclic) bond motifs is 1. The van der Waals surface area contributed by atoms with Crippen molar-refractivity contribution in [2.24, 2.45) is 5.92 Å². The average Bonchev–Trinajstić information content (AvgIpc) is 3.13. The maximum atomic E-state index is 11.1. The SMILES string of the molecule is CC(C)=CC(C)C[C@H]1CC(c2ccc3c(c2)OCO3)CN1CC=O. The van der Waals surface area contributed by atoms with Crippen molar-refractivity contribution in [2.75, 3.05) is 19.9 Å². The van der Waals surface area contributed by atoms with Crippen LogP contribution in [0, 0.1) is 5.92 Å². The molecule has 0 saturated carbocycles. The second kappa shape index (κ2) is 7.39. The van der Waals surface area contributed by atoms with Gasteiger partial charge in [0.25, 0.3) is 0 Å². The van der Waals surface area contributed by atoms with Crippen LogP contribution < -0.4 is 9.47 Å². The zero-order valence-corrected chi connectivity index (χ0v) is 14.8. The molecule has 2 aliphatic heterocycles. The highest BCUT2D eigenvalue weighted by Gasteiger charge is 2.33. The Kier molecular flexibility index (Phi) is 5.24. The molecule has 0 aliphatic carbocycles. The number of nitrogens with zero attached hydrogens (tertiary/aromatic N) is 1. The summed E-state index contributed by atoms with van der Waals surface area (Å²) in [6, 6.07) is 6.70. The van der Waals surface area contributed by atoms with Gasteiger partial charge in [-0.3, -0.25) is 4.90 Å². The van der Waals surface area contributed by atoms with E-state index >= 15 is 0 Å². The summed E-state index contributed by atoms with van der Waals surface area (Å²) in [6.45, 7) is 8.31. The average molecular weight is 329 g/mol. The maximum Gasteiger partial charge on any atom is 0.231 e. The Morgan fingerprint density at radius 3 is 2.88 bits per heavy atom. The van der Waals surface area contributed by atoms with Gasteiger partial charge in [0.15, 0.2) is 11.5 Å². The van der Waals surface area contributed by atoms with E-state index in [1.165, 1.54) is 11.1 Å². The molecule has 2 heterocycles. The number of carbonyl (C=O) groups is 1. The van der Waals surface area contributed by atoms with Crippen molar-refractivity contribution in [1.82, 2.24) is 4.90 Å². The highest BCUT2D eigenvalue weighted by atomic mass is 16.7. The number of allylic oxidation sites excluding steroid dienone is 2. The van der Waals surface area contributed by atoms with Crippen molar-refractivity contribution in [2.45, 2.75) is 45.6 Å². The first kappa shape index (κ1) is 17.0. The van der Waals surface area contributed by atoms with Gasteiger partial charge in [0.05, 0.1) is 6.54 Å². The molecule has 3 atom stereocenters. The third kappa shape index (κ3) is 3.81. The van der Waals surface area contributed by atoms with Crippen molar-refractivity contribution in [3.63, 3.8) is 0 Å². The molecular formula is C20H27NO3.